The second-order valence-corrected chi connectivity index (χ2v) is 4.13. The number of hydrogen-bond acceptors (Lipinski definition) is 3. The summed E-state index contributed by atoms with van der Waals surface area (Å²) < 4.78 is 52.7. The molecule has 0 saturated heterocycles. The summed E-state index contributed by atoms with van der Waals surface area (Å²) in [7, 11) is 0. The van der Waals surface area contributed by atoms with Crippen molar-refractivity contribution in [2.45, 2.75) is 6.54 Å². The SMILES string of the molecule is O=[N+]([O-])c1cc(CNc2ccc(F)cc2F)c(F)cc1F. The Morgan fingerprint density at radius 3 is 2.33 bits per heavy atom. The molecule has 0 fully saturated rings. The fraction of sp³-hybridized carbons (Fsp3) is 0.0769. The van der Waals surface area contributed by atoms with Gasteiger partial charge >= 0.3 is 5.69 Å². The molecule has 0 radical (unpaired) electrons. The van der Waals surface area contributed by atoms with Crippen molar-refractivity contribution in [2.75, 3.05) is 5.32 Å². The summed E-state index contributed by atoms with van der Waals surface area (Å²) in [6.45, 7) is -0.324. The molecule has 0 aliphatic heterocycles. The summed E-state index contributed by atoms with van der Waals surface area (Å²) >= 11 is 0. The van der Waals surface area contributed by atoms with E-state index in [0.29, 0.717) is 12.1 Å². The van der Waals surface area contributed by atoms with Gasteiger partial charge in [-0.05, 0) is 12.1 Å². The molecule has 0 aromatic heterocycles. The Bertz CT molecular complexity index is 707. The molecule has 2 aromatic rings. The molecule has 21 heavy (non-hydrogen) atoms. The van der Waals surface area contributed by atoms with Crippen LogP contribution in [0, 0.1) is 33.4 Å². The van der Waals surface area contributed by atoms with E-state index in [-0.39, 0.29) is 17.8 Å². The highest BCUT2D eigenvalue weighted by molar-refractivity contribution is 5.46. The molecule has 0 bridgehead atoms. The van der Waals surface area contributed by atoms with Crippen molar-refractivity contribution in [3.8, 4) is 0 Å². The van der Waals surface area contributed by atoms with Crippen molar-refractivity contribution < 1.29 is 22.5 Å². The Morgan fingerprint density at radius 2 is 1.71 bits per heavy atom. The Hall–Kier alpha value is -2.64. The second-order valence-electron chi connectivity index (χ2n) is 4.13. The Kier molecular flexibility index (Phi) is 4.06. The number of nitrogens with one attached hydrogen (secondary N) is 1. The topological polar surface area (TPSA) is 55.2 Å². The molecule has 0 amide bonds. The number of nitro benzene ring substituents is 1. The molecule has 0 spiro atoms. The van der Waals surface area contributed by atoms with Gasteiger partial charge in [-0.25, -0.2) is 13.2 Å². The summed E-state index contributed by atoms with van der Waals surface area (Å²) in [5.41, 5.74) is -1.21. The van der Waals surface area contributed by atoms with Gasteiger partial charge in [0.15, 0.2) is 0 Å². The Morgan fingerprint density at radius 1 is 1.00 bits per heavy atom. The standard InChI is InChI=1S/C13H8F4N2O2/c14-8-1-2-12(10(16)4-8)18-6-7-3-13(19(20)21)11(17)5-9(7)15/h1-5,18H,6H2. The van der Waals surface area contributed by atoms with E-state index in [1.165, 1.54) is 0 Å². The van der Waals surface area contributed by atoms with Crippen LogP contribution in [0.1, 0.15) is 5.56 Å². The van der Waals surface area contributed by atoms with Crippen molar-refractivity contribution in [3.63, 3.8) is 0 Å². The second kappa shape index (κ2) is 5.78. The molecule has 2 aromatic carbocycles. The van der Waals surface area contributed by atoms with Crippen LogP contribution in [0.2, 0.25) is 0 Å². The molecule has 0 aliphatic rings. The summed E-state index contributed by atoms with van der Waals surface area (Å²) in [6, 6.07) is 3.83. The minimum Gasteiger partial charge on any atom is -0.378 e. The first-order valence-electron chi connectivity index (χ1n) is 5.69. The van der Waals surface area contributed by atoms with Crippen LogP contribution in [0.4, 0.5) is 28.9 Å². The molecular formula is C13H8F4N2O2. The van der Waals surface area contributed by atoms with Gasteiger partial charge in [0.25, 0.3) is 0 Å². The van der Waals surface area contributed by atoms with Crippen molar-refractivity contribution >= 4 is 11.4 Å². The lowest BCUT2D eigenvalue weighted by Crippen LogP contribution is -2.05. The fourth-order valence-electron chi connectivity index (χ4n) is 1.68. The van der Waals surface area contributed by atoms with Crippen LogP contribution in [0.3, 0.4) is 0 Å². The molecule has 110 valence electrons. The molecule has 0 aliphatic carbocycles. The van der Waals surface area contributed by atoms with E-state index in [9.17, 15) is 27.7 Å². The maximum atomic E-state index is 13.5. The van der Waals surface area contributed by atoms with E-state index >= 15 is 0 Å². The van der Waals surface area contributed by atoms with Gasteiger partial charge < -0.3 is 5.32 Å². The highest BCUT2D eigenvalue weighted by Gasteiger charge is 2.18. The molecule has 1 N–H and O–H groups in total. The van der Waals surface area contributed by atoms with E-state index in [1.54, 1.807) is 0 Å². The zero-order valence-corrected chi connectivity index (χ0v) is 10.4. The monoisotopic (exact) mass is 300 g/mol. The predicted octanol–water partition coefficient (Wildman–Crippen LogP) is 3.76. The number of anilines is 1. The molecule has 0 saturated carbocycles. The van der Waals surface area contributed by atoms with Crippen molar-refractivity contribution in [2.24, 2.45) is 0 Å². The minimum absolute atomic E-state index is 0.109. The van der Waals surface area contributed by atoms with Gasteiger partial charge in [-0.3, -0.25) is 10.1 Å². The van der Waals surface area contributed by atoms with Gasteiger partial charge in [0, 0.05) is 30.3 Å². The first kappa shape index (κ1) is 14.8. The predicted molar refractivity (Wildman–Crippen MR) is 66.7 cm³/mol. The van der Waals surface area contributed by atoms with E-state index in [1.807, 2.05) is 0 Å². The van der Waals surface area contributed by atoms with E-state index < -0.39 is 33.9 Å². The minimum atomic E-state index is -1.30. The summed E-state index contributed by atoms with van der Waals surface area (Å²) in [5, 5.41) is 13.0. The maximum Gasteiger partial charge on any atom is 0.305 e. The van der Waals surface area contributed by atoms with Gasteiger partial charge in [0.1, 0.15) is 17.5 Å². The first-order chi connectivity index (χ1) is 9.88. The highest BCUT2D eigenvalue weighted by Crippen LogP contribution is 2.23. The lowest BCUT2D eigenvalue weighted by Gasteiger charge is -2.08. The zero-order valence-electron chi connectivity index (χ0n) is 10.4. The largest absolute Gasteiger partial charge is 0.378 e. The molecular weight excluding hydrogens is 292 g/mol. The number of nitro groups is 1. The van der Waals surface area contributed by atoms with Gasteiger partial charge in [-0.2, -0.15) is 4.39 Å². The number of nitrogens with zero attached hydrogens (tertiary/aromatic N) is 1. The van der Waals surface area contributed by atoms with E-state index in [2.05, 4.69) is 5.32 Å². The van der Waals surface area contributed by atoms with Crippen molar-refractivity contribution in [1.82, 2.24) is 0 Å². The third-order valence-corrected chi connectivity index (χ3v) is 2.71. The maximum absolute atomic E-state index is 13.5. The number of hydrogen-bond donors (Lipinski definition) is 1. The van der Waals surface area contributed by atoms with Gasteiger partial charge in [-0.15, -0.1) is 0 Å². The number of benzene rings is 2. The zero-order chi connectivity index (χ0) is 15.6. The van der Waals surface area contributed by atoms with Gasteiger partial charge in [0.05, 0.1) is 10.6 Å². The van der Waals surface area contributed by atoms with E-state index in [0.717, 1.165) is 18.2 Å². The van der Waals surface area contributed by atoms with Crippen LogP contribution in [-0.2, 0) is 6.54 Å². The average molecular weight is 300 g/mol. The lowest BCUT2D eigenvalue weighted by molar-refractivity contribution is -0.387. The Labute approximate surface area is 116 Å². The highest BCUT2D eigenvalue weighted by atomic mass is 19.1. The van der Waals surface area contributed by atoms with Crippen LogP contribution in [0.25, 0.3) is 0 Å². The van der Waals surface area contributed by atoms with Crippen LogP contribution in [0.15, 0.2) is 30.3 Å². The Balaban J connectivity index is 2.23. The van der Waals surface area contributed by atoms with Crippen LogP contribution < -0.4 is 5.32 Å². The third-order valence-electron chi connectivity index (χ3n) is 2.71. The van der Waals surface area contributed by atoms with E-state index in [4.69, 9.17) is 0 Å². The molecule has 0 atom stereocenters. The first-order valence-corrected chi connectivity index (χ1v) is 5.69. The molecule has 0 unspecified atom stereocenters. The fourth-order valence-corrected chi connectivity index (χ4v) is 1.68. The van der Waals surface area contributed by atoms with Crippen molar-refractivity contribution in [1.29, 1.82) is 0 Å². The van der Waals surface area contributed by atoms with Gasteiger partial charge in [-0.1, -0.05) is 0 Å². The quantitative estimate of drug-likeness (QED) is 0.531. The van der Waals surface area contributed by atoms with Crippen LogP contribution in [0.5, 0.6) is 0 Å². The van der Waals surface area contributed by atoms with Crippen LogP contribution in [-0.4, -0.2) is 4.92 Å². The number of rotatable bonds is 4. The van der Waals surface area contributed by atoms with Gasteiger partial charge in [0.2, 0.25) is 5.82 Å². The summed E-state index contributed by atoms with van der Waals surface area (Å²) in [4.78, 5) is 9.58. The summed E-state index contributed by atoms with van der Waals surface area (Å²) in [5.74, 6) is -3.98. The average Bonchev–Trinajstić information content (AvgIpc) is 2.39. The smallest absolute Gasteiger partial charge is 0.305 e. The lowest BCUT2D eigenvalue weighted by atomic mass is 10.1. The molecule has 8 heteroatoms. The third kappa shape index (κ3) is 3.28. The van der Waals surface area contributed by atoms with Crippen molar-refractivity contribution in [3.05, 3.63) is 69.3 Å². The molecule has 4 nitrogen and oxygen atoms in total. The molecule has 2 rings (SSSR count). The van der Waals surface area contributed by atoms with Crippen LogP contribution >= 0.6 is 0 Å². The number of halogens is 4. The normalized spacial score (nSPS) is 10.5. The summed E-state index contributed by atoms with van der Waals surface area (Å²) in [6.07, 6.45) is 0. The molecule has 0 heterocycles.